The fourth-order valence-corrected chi connectivity index (χ4v) is 2.08. The average Bonchev–Trinajstić information content (AvgIpc) is 2.53. The molecule has 0 spiro atoms. The lowest BCUT2D eigenvalue weighted by molar-refractivity contribution is 0.141. The van der Waals surface area contributed by atoms with Crippen LogP contribution in [0.25, 0.3) is 5.70 Å². The number of nitrogens with one attached hydrogen (secondary N) is 1. The van der Waals surface area contributed by atoms with Gasteiger partial charge >= 0.3 is 0 Å². The van der Waals surface area contributed by atoms with Crippen molar-refractivity contribution >= 4 is 11.9 Å². The highest BCUT2D eigenvalue weighted by Crippen LogP contribution is 2.27. The second-order valence-corrected chi connectivity index (χ2v) is 4.92. The fraction of sp³-hybridized carbons (Fsp3) is 0.312. The van der Waals surface area contributed by atoms with E-state index in [1.807, 2.05) is 31.2 Å². The molecule has 0 aromatic heterocycles. The van der Waals surface area contributed by atoms with Crippen LogP contribution in [0.1, 0.15) is 25.3 Å². The third-order valence-corrected chi connectivity index (χ3v) is 3.32. The van der Waals surface area contributed by atoms with Crippen LogP contribution in [0.15, 0.2) is 46.7 Å². The van der Waals surface area contributed by atoms with Crippen molar-refractivity contribution in [3.8, 4) is 5.75 Å². The number of hydrogen-bond donors (Lipinski definition) is 3. The molecule has 0 aliphatic carbocycles. The van der Waals surface area contributed by atoms with E-state index in [2.05, 4.69) is 10.3 Å². The summed E-state index contributed by atoms with van der Waals surface area (Å²) in [5.74, 6) is 0.794. The van der Waals surface area contributed by atoms with Gasteiger partial charge in [0.2, 0.25) is 0 Å². The molecular weight excluding hydrogens is 266 g/mol. The maximum absolute atomic E-state index is 9.83. The van der Waals surface area contributed by atoms with Crippen molar-refractivity contribution in [1.29, 1.82) is 0 Å². The predicted molar refractivity (Wildman–Crippen MR) is 84.7 cm³/mol. The largest absolute Gasteiger partial charge is 0.497 e. The highest BCUT2D eigenvalue weighted by atomic mass is 16.5. The molecule has 1 heterocycles. The van der Waals surface area contributed by atoms with Crippen LogP contribution < -0.4 is 15.8 Å². The number of aliphatic hydroxyl groups excluding tert-OH is 1. The van der Waals surface area contributed by atoms with Crippen LogP contribution in [0.4, 0.5) is 0 Å². The van der Waals surface area contributed by atoms with Gasteiger partial charge in [-0.3, -0.25) is 4.99 Å². The molecule has 1 unspecified atom stereocenters. The minimum Gasteiger partial charge on any atom is -0.497 e. The summed E-state index contributed by atoms with van der Waals surface area (Å²) in [6, 6.07) is 7.66. The summed E-state index contributed by atoms with van der Waals surface area (Å²) in [6.45, 7) is 1.89. The summed E-state index contributed by atoms with van der Waals surface area (Å²) in [6.07, 6.45) is 4.05. The van der Waals surface area contributed by atoms with E-state index in [4.69, 9.17) is 10.5 Å². The molecule has 1 aliphatic heterocycles. The number of rotatable bonds is 4. The van der Waals surface area contributed by atoms with Crippen molar-refractivity contribution < 1.29 is 9.84 Å². The highest BCUT2D eigenvalue weighted by Gasteiger charge is 2.19. The molecule has 21 heavy (non-hydrogen) atoms. The van der Waals surface area contributed by atoms with Crippen LogP contribution in [-0.2, 0) is 0 Å². The number of methoxy groups -OCH3 is 1. The average molecular weight is 287 g/mol. The molecule has 5 nitrogen and oxygen atoms in total. The molecule has 0 saturated heterocycles. The molecule has 1 aliphatic rings. The van der Waals surface area contributed by atoms with E-state index >= 15 is 0 Å². The smallest absolute Gasteiger partial charge is 0.124 e. The molecule has 0 saturated carbocycles. The van der Waals surface area contributed by atoms with Gasteiger partial charge in [-0.25, -0.2) is 0 Å². The lowest BCUT2D eigenvalue weighted by Gasteiger charge is -2.24. The van der Waals surface area contributed by atoms with Crippen LogP contribution >= 0.6 is 0 Å². The molecule has 0 radical (unpaired) electrons. The van der Waals surface area contributed by atoms with Crippen LogP contribution in [0.3, 0.4) is 0 Å². The molecular formula is C16H21N3O2. The SMILES string of the molecule is COc1ccc(C2=C(N=CC(C)=CN)CCC(O)N2)cc1. The van der Waals surface area contributed by atoms with Crippen molar-refractivity contribution in [1.82, 2.24) is 5.32 Å². The molecule has 2 rings (SSSR count). The number of ether oxygens (including phenoxy) is 1. The third-order valence-electron chi connectivity index (χ3n) is 3.32. The first-order chi connectivity index (χ1) is 10.1. The van der Waals surface area contributed by atoms with Gasteiger partial charge in [0.05, 0.1) is 18.5 Å². The maximum atomic E-state index is 9.83. The normalized spacial score (nSPS) is 19.8. The van der Waals surface area contributed by atoms with Crippen LogP contribution in [0, 0.1) is 0 Å². The Kier molecular flexibility index (Phi) is 5.00. The van der Waals surface area contributed by atoms with E-state index in [0.717, 1.165) is 28.3 Å². The first-order valence-corrected chi connectivity index (χ1v) is 6.88. The summed E-state index contributed by atoms with van der Waals surface area (Å²) in [5, 5.41) is 12.9. The van der Waals surface area contributed by atoms with Gasteiger partial charge in [0, 0.05) is 6.21 Å². The lowest BCUT2D eigenvalue weighted by atomic mass is 10.0. The predicted octanol–water partition coefficient (Wildman–Crippen LogP) is 2.00. The molecule has 1 aromatic rings. The van der Waals surface area contributed by atoms with Gasteiger partial charge in [-0.05, 0) is 61.4 Å². The number of nitrogens with two attached hydrogens (primary N) is 1. The van der Waals surface area contributed by atoms with Gasteiger partial charge in [0.15, 0.2) is 0 Å². The van der Waals surface area contributed by atoms with E-state index in [-0.39, 0.29) is 0 Å². The minimum atomic E-state index is -0.549. The number of benzene rings is 1. The van der Waals surface area contributed by atoms with Crippen LogP contribution in [0.2, 0.25) is 0 Å². The second kappa shape index (κ2) is 6.95. The summed E-state index contributed by atoms with van der Waals surface area (Å²) >= 11 is 0. The molecule has 0 amide bonds. The van der Waals surface area contributed by atoms with Gasteiger partial charge in [-0.1, -0.05) is 0 Å². The standard InChI is InChI=1S/C16H21N3O2/c1-11(9-17)10-18-14-7-8-15(20)19-16(14)12-3-5-13(21-2)6-4-12/h3-6,9-10,15,19-20H,7-8,17H2,1-2H3. The molecule has 0 bridgehead atoms. The first kappa shape index (κ1) is 15.1. The van der Waals surface area contributed by atoms with Gasteiger partial charge in [0.25, 0.3) is 0 Å². The second-order valence-electron chi connectivity index (χ2n) is 4.92. The van der Waals surface area contributed by atoms with Gasteiger partial charge in [0.1, 0.15) is 12.0 Å². The van der Waals surface area contributed by atoms with Gasteiger partial charge in [-0.15, -0.1) is 0 Å². The van der Waals surface area contributed by atoms with Crippen molar-refractivity contribution in [3.63, 3.8) is 0 Å². The maximum Gasteiger partial charge on any atom is 0.124 e. The Hall–Kier alpha value is -2.27. The topological polar surface area (TPSA) is 79.9 Å². The minimum absolute atomic E-state index is 0.549. The van der Waals surface area contributed by atoms with Crippen LogP contribution in [-0.4, -0.2) is 24.7 Å². The fourth-order valence-electron chi connectivity index (χ4n) is 2.08. The van der Waals surface area contributed by atoms with Gasteiger partial charge < -0.3 is 20.9 Å². The van der Waals surface area contributed by atoms with Crippen molar-refractivity contribution in [2.75, 3.05) is 7.11 Å². The van der Waals surface area contributed by atoms with Crippen LogP contribution in [0.5, 0.6) is 5.75 Å². The number of aliphatic hydroxyl groups is 1. The Bertz CT molecular complexity index is 574. The summed E-state index contributed by atoms with van der Waals surface area (Å²) in [7, 11) is 1.63. The monoisotopic (exact) mass is 287 g/mol. The van der Waals surface area contributed by atoms with Gasteiger partial charge in [-0.2, -0.15) is 0 Å². The Morgan fingerprint density at radius 1 is 1.43 bits per heavy atom. The van der Waals surface area contributed by atoms with Crippen molar-refractivity contribution in [2.45, 2.75) is 26.0 Å². The number of allylic oxidation sites excluding steroid dienone is 2. The zero-order valence-electron chi connectivity index (χ0n) is 12.3. The molecule has 5 heteroatoms. The summed E-state index contributed by atoms with van der Waals surface area (Å²) in [4.78, 5) is 4.49. The Morgan fingerprint density at radius 3 is 2.76 bits per heavy atom. The number of hydrogen-bond acceptors (Lipinski definition) is 5. The molecule has 1 aromatic carbocycles. The van der Waals surface area contributed by atoms with Crippen molar-refractivity contribution in [3.05, 3.63) is 47.3 Å². The first-order valence-electron chi connectivity index (χ1n) is 6.88. The Labute approximate surface area is 124 Å². The number of aliphatic imine (C=N–C) groups is 1. The molecule has 1 atom stereocenters. The Morgan fingerprint density at radius 2 is 2.14 bits per heavy atom. The van der Waals surface area contributed by atoms with E-state index in [0.29, 0.717) is 12.8 Å². The lowest BCUT2D eigenvalue weighted by Crippen LogP contribution is -2.31. The van der Waals surface area contributed by atoms with E-state index in [9.17, 15) is 5.11 Å². The highest BCUT2D eigenvalue weighted by molar-refractivity contribution is 5.80. The zero-order valence-corrected chi connectivity index (χ0v) is 12.3. The quantitative estimate of drug-likeness (QED) is 0.740. The third kappa shape index (κ3) is 3.86. The number of nitrogens with zero attached hydrogens (tertiary/aromatic N) is 1. The van der Waals surface area contributed by atoms with E-state index in [1.54, 1.807) is 13.3 Å². The molecule has 4 N–H and O–H groups in total. The van der Waals surface area contributed by atoms with Crippen molar-refractivity contribution in [2.24, 2.45) is 10.7 Å². The summed E-state index contributed by atoms with van der Waals surface area (Å²) in [5.41, 5.74) is 9.06. The molecule has 0 fully saturated rings. The Balaban J connectivity index is 2.35. The summed E-state index contributed by atoms with van der Waals surface area (Å²) < 4.78 is 5.16. The van der Waals surface area contributed by atoms with E-state index < -0.39 is 6.23 Å². The van der Waals surface area contributed by atoms with E-state index in [1.165, 1.54) is 6.20 Å². The molecule has 112 valence electrons. The zero-order chi connectivity index (χ0) is 15.2.